The van der Waals surface area contributed by atoms with Crippen molar-refractivity contribution >= 4 is 40.5 Å². The van der Waals surface area contributed by atoms with Crippen LogP contribution in [0, 0.1) is 5.82 Å². The van der Waals surface area contributed by atoms with Gasteiger partial charge in [0.15, 0.2) is 0 Å². The summed E-state index contributed by atoms with van der Waals surface area (Å²) in [5.74, 6) is -0.514. The van der Waals surface area contributed by atoms with Gasteiger partial charge in [-0.3, -0.25) is 9.59 Å². The van der Waals surface area contributed by atoms with E-state index < -0.39 is 5.82 Å². The zero-order chi connectivity index (χ0) is 21.5. The predicted molar refractivity (Wildman–Crippen MR) is 116 cm³/mol. The predicted octanol–water partition coefficient (Wildman–Crippen LogP) is 4.79. The molecule has 0 aliphatic carbocycles. The number of carbonyl (C=O) groups is 2. The summed E-state index contributed by atoms with van der Waals surface area (Å²) < 4.78 is 18.3. The summed E-state index contributed by atoms with van der Waals surface area (Å²) in [5.41, 5.74) is 1.97. The largest absolute Gasteiger partial charge is 0.495 e. The maximum atomic E-state index is 13.1. The number of para-hydroxylation sites is 2. The lowest BCUT2D eigenvalue weighted by Crippen LogP contribution is -2.22. The number of halogens is 2. The van der Waals surface area contributed by atoms with Crippen molar-refractivity contribution in [3.63, 3.8) is 0 Å². The molecule has 30 heavy (non-hydrogen) atoms. The molecule has 0 heterocycles. The average molecular weight is 428 g/mol. The molecule has 6 nitrogen and oxygen atoms in total. The molecule has 0 spiro atoms. The van der Waals surface area contributed by atoms with Crippen molar-refractivity contribution in [2.45, 2.75) is 0 Å². The molecule has 3 aromatic carbocycles. The molecular weight excluding hydrogens is 409 g/mol. The van der Waals surface area contributed by atoms with Crippen LogP contribution in [0.15, 0.2) is 66.7 Å². The Morgan fingerprint density at radius 3 is 2.40 bits per heavy atom. The summed E-state index contributed by atoms with van der Waals surface area (Å²) in [7, 11) is 1.53. The van der Waals surface area contributed by atoms with Crippen molar-refractivity contribution < 1.29 is 18.7 Å². The summed E-state index contributed by atoms with van der Waals surface area (Å²) in [6, 6.07) is 17.4. The van der Waals surface area contributed by atoms with Gasteiger partial charge in [-0.15, -0.1) is 0 Å². The number of hydrogen-bond acceptors (Lipinski definition) is 4. The van der Waals surface area contributed by atoms with Gasteiger partial charge in [-0.1, -0.05) is 23.7 Å². The number of rotatable bonds is 7. The monoisotopic (exact) mass is 427 g/mol. The number of nitrogens with one attached hydrogen (secondary N) is 3. The fraction of sp³-hybridized carbons (Fsp3) is 0.0909. The summed E-state index contributed by atoms with van der Waals surface area (Å²) in [5, 5.41) is 8.52. The fourth-order valence-electron chi connectivity index (χ4n) is 2.66. The third-order valence-corrected chi connectivity index (χ3v) is 4.47. The van der Waals surface area contributed by atoms with Gasteiger partial charge in [0, 0.05) is 11.3 Å². The smallest absolute Gasteiger partial charge is 0.255 e. The first kappa shape index (κ1) is 21.1. The second-order valence-corrected chi connectivity index (χ2v) is 6.66. The lowest BCUT2D eigenvalue weighted by molar-refractivity contribution is -0.114. The van der Waals surface area contributed by atoms with Crippen LogP contribution in [0.3, 0.4) is 0 Å². The van der Waals surface area contributed by atoms with Crippen molar-refractivity contribution in [3.05, 3.63) is 83.1 Å². The van der Waals surface area contributed by atoms with Crippen LogP contribution in [0.2, 0.25) is 5.02 Å². The number of benzene rings is 3. The molecule has 3 aromatic rings. The first-order valence-corrected chi connectivity index (χ1v) is 9.37. The van der Waals surface area contributed by atoms with Gasteiger partial charge in [-0.2, -0.15) is 0 Å². The van der Waals surface area contributed by atoms with E-state index in [1.54, 1.807) is 42.5 Å². The van der Waals surface area contributed by atoms with Crippen LogP contribution in [-0.4, -0.2) is 25.5 Å². The van der Waals surface area contributed by atoms with Gasteiger partial charge in [-0.25, -0.2) is 4.39 Å². The van der Waals surface area contributed by atoms with Gasteiger partial charge < -0.3 is 20.7 Å². The highest BCUT2D eigenvalue weighted by molar-refractivity contribution is 6.33. The highest BCUT2D eigenvalue weighted by Gasteiger charge is 2.10. The Morgan fingerprint density at radius 2 is 1.70 bits per heavy atom. The molecule has 0 saturated carbocycles. The second kappa shape index (κ2) is 9.76. The van der Waals surface area contributed by atoms with E-state index in [-0.39, 0.29) is 23.4 Å². The van der Waals surface area contributed by atoms with Crippen molar-refractivity contribution in [2.75, 3.05) is 29.6 Å². The molecule has 0 aromatic heterocycles. The standard InChI is InChI=1S/C22H19ClFN3O3/c1-30-20-5-3-2-4-19(20)27-22(29)14-6-9-16(10-7-14)26-21(28)13-25-18-11-8-15(24)12-17(18)23/h2-12,25H,13H2,1H3,(H,26,28)(H,27,29). The lowest BCUT2D eigenvalue weighted by atomic mass is 10.2. The quantitative estimate of drug-likeness (QED) is 0.506. The molecule has 0 fully saturated rings. The Balaban J connectivity index is 1.56. The van der Waals surface area contributed by atoms with Crippen LogP contribution >= 0.6 is 11.6 Å². The summed E-state index contributed by atoms with van der Waals surface area (Å²) in [6.07, 6.45) is 0. The highest BCUT2D eigenvalue weighted by Crippen LogP contribution is 2.24. The molecule has 2 amide bonds. The molecule has 0 saturated heterocycles. The minimum absolute atomic E-state index is 0.0542. The molecule has 0 radical (unpaired) electrons. The maximum Gasteiger partial charge on any atom is 0.255 e. The van der Waals surface area contributed by atoms with Crippen LogP contribution in [-0.2, 0) is 4.79 Å². The van der Waals surface area contributed by atoms with E-state index >= 15 is 0 Å². The topological polar surface area (TPSA) is 79.5 Å². The van der Waals surface area contributed by atoms with E-state index in [1.165, 1.54) is 19.2 Å². The molecule has 0 aliphatic heterocycles. The first-order valence-electron chi connectivity index (χ1n) is 8.99. The molecule has 3 rings (SSSR count). The Hall–Kier alpha value is -3.58. The van der Waals surface area contributed by atoms with E-state index in [0.717, 1.165) is 6.07 Å². The zero-order valence-electron chi connectivity index (χ0n) is 16.0. The number of anilines is 3. The minimum Gasteiger partial charge on any atom is -0.495 e. The van der Waals surface area contributed by atoms with Crippen molar-refractivity contribution in [2.24, 2.45) is 0 Å². The Kier molecular flexibility index (Phi) is 6.87. The average Bonchev–Trinajstić information content (AvgIpc) is 2.74. The van der Waals surface area contributed by atoms with Gasteiger partial charge in [0.05, 0.1) is 30.1 Å². The number of hydrogen-bond donors (Lipinski definition) is 3. The SMILES string of the molecule is COc1ccccc1NC(=O)c1ccc(NC(=O)CNc2ccc(F)cc2Cl)cc1. The van der Waals surface area contributed by atoms with Crippen LogP contribution in [0.4, 0.5) is 21.5 Å². The summed E-state index contributed by atoms with van der Waals surface area (Å²) in [6.45, 7) is -0.0542. The van der Waals surface area contributed by atoms with Crippen LogP contribution in [0.5, 0.6) is 5.75 Å². The van der Waals surface area contributed by atoms with Gasteiger partial charge in [0.2, 0.25) is 5.91 Å². The van der Waals surface area contributed by atoms with Crippen molar-refractivity contribution in [1.82, 2.24) is 0 Å². The summed E-state index contributed by atoms with van der Waals surface area (Å²) in [4.78, 5) is 24.5. The maximum absolute atomic E-state index is 13.1. The van der Waals surface area contributed by atoms with Gasteiger partial charge >= 0.3 is 0 Å². The van der Waals surface area contributed by atoms with E-state index in [9.17, 15) is 14.0 Å². The lowest BCUT2D eigenvalue weighted by Gasteiger charge is -2.11. The van der Waals surface area contributed by atoms with Crippen LogP contribution in [0.25, 0.3) is 0 Å². The highest BCUT2D eigenvalue weighted by atomic mass is 35.5. The molecule has 0 bridgehead atoms. The van der Waals surface area contributed by atoms with Crippen molar-refractivity contribution in [3.8, 4) is 5.75 Å². The Bertz CT molecular complexity index is 1060. The number of amides is 2. The van der Waals surface area contributed by atoms with E-state index in [4.69, 9.17) is 16.3 Å². The van der Waals surface area contributed by atoms with E-state index in [2.05, 4.69) is 16.0 Å². The Morgan fingerprint density at radius 1 is 0.967 bits per heavy atom. The van der Waals surface area contributed by atoms with Gasteiger partial charge in [-0.05, 0) is 54.6 Å². The van der Waals surface area contributed by atoms with E-state index in [1.807, 2.05) is 6.07 Å². The van der Waals surface area contributed by atoms with Crippen LogP contribution < -0.4 is 20.7 Å². The fourth-order valence-corrected chi connectivity index (χ4v) is 2.89. The number of ether oxygens (including phenoxy) is 1. The molecule has 0 aliphatic rings. The van der Waals surface area contributed by atoms with E-state index in [0.29, 0.717) is 28.4 Å². The Labute approximate surface area is 178 Å². The third-order valence-electron chi connectivity index (χ3n) is 4.16. The van der Waals surface area contributed by atoms with Gasteiger partial charge in [0.25, 0.3) is 5.91 Å². The number of carbonyl (C=O) groups excluding carboxylic acids is 2. The molecular formula is C22H19ClFN3O3. The first-order chi connectivity index (χ1) is 14.5. The summed E-state index contributed by atoms with van der Waals surface area (Å²) >= 11 is 5.92. The van der Waals surface area contributed by atoms with Crippen molar-refractivity contribution in [1.29, 1.82) is 0 Å². The molecule has 154 valence electrons. The zero-order valence-corrected chi connectivity index (χ0v) is 16.8. The third kappa shape index (κ3) is 5.48. The van der Waals surface area contributed by atoms with Gasteiger partial charge in [0.1, 0.15) is 11.6 Å². The molecule has 0 unspecified atom stereocenters. The minimum atomic E-state index is -0.454. The molecule has 0 atom stereocenters. The normalized spacial score (nSPS) is 10.2. The second-order valence-electron chi connectivity index (χ2n) is 6.26. The molecule has 3 N–H and O–H groups in total. The van der Waals surface area contributed by atoms with Crippen LogP contribution in [0.1, 0.15) is 10.4 Å². The molecule has 8 heteroatoms. The number of methoxy groups -OCH3 is 1.